The van der Waals surface area contributed by atoms with Crippen LogP contribution >= 0.6 is 0 Å². The number of urea groups is 2. The number of hydrogen-bond donors (Lipinski definition) is 3. The third kappa shape index (κ3) is 2.13. The molecule has 1 saturated carbocycles. The van der Waals surface area contributed by atoms with Crippen molar-refractivity contribution in [3.8, 4) is 0 Å². The molecule has 0 bridgehead atoms. The van der Waals surface area contributed by atoms with E-state index in [4.69, 9.17) is 0 Å². The van der Waals surface area contributed by atoms with Crippen LogP contribution in [-0.4, -0.2) is 47.5 Å². The van der Waals surface area contributed by atoms with Gasteiger partial charge in [-0.05, 0) is 19.3 Å². The number of carbonyl (C=O) groups excluding carboxylic acids is 3. The lowest BCUT2D eigenvalue weighted by Crippen LogP contribution is -2.51. The van der Waals surface area contributed by atoms with E-state index < -0.39 is 11.6 Å². The first-order valence-corrected chi connectivity index (χ1v) is 6.78. The van der Waals surface area contributed by atoms with Gasteiger partial charge in [0.1, 0.15) is 5.54 Å². The highest BCUT2D eigenvalue weighted by molar-refractivity contribution is 6.07. The summed E-state index contributed by atoms with van der Waals surface area (Å²) in [6.07, 6.45) is 4.85. The molecule has 1 atom stereocenters. The van der Waals surface area contributed by atoms with Gasteiger partial charge in [-0.3, -0.25) is 10.1 Å². The number of rotatable bonds is 1. The summed E-state index contributed by atoms with van der Waals surface area (Å²) >= 11 is 0. The van der Waals surface area contributed by atoms with Gasteiger partial charge in [-0.1, -0.05) is 12.8 Å². The van der Waals surface area contributed by atoms with Gasteiger partial charge in [0, 0.05) is 12.6 Å². The molecule has 3 fully saturated rings. The van der Waals surface area contributed by atoms with Crippen molar-refractivity contribution in [1.29, 1.82) is 0 Å². The molecule has 2 saturated heterocycles. The van der Waals surface area contributed by atoms with Crippen LogP contribution in [0.5, 0.6) is 0 Å². The average Bonchev–Trinajstić information content (AvgIpc) is 3.03. The molecule has 2 aliphatic heterocycles. The zero-order chi connectivity index (χ0) is 13.5. The van der Waals surface area contributed by atoms with E-state index in [2.05, 4.69) is 16.0 Å². The van der Waals surface area contributed by atoms with Crippen LogP contribution in [0.2, 0.25) is 0 Å². The first kappa shape index (κ1) is 12.3. The fourth-order valence-corrected chi connectivity index (χ4v) is 3.13. The number of amides is 5. The summed E-state index contributed by atoms with van der Waals surface area (Å²) in [5.74, 6) is -0.325. The number of nitrogens with one attached hydrogen (secondary N) is 3. The van der Waals surface area contributed by atoms with E-state index in [1.54, 1.807) is 4.90 Å². The van der Waals surface area contributed by atoms with Crippen molar-refractivity contribution in [3.05, 3.63) is 0 Å². The number of likely N-dealkylation sites (tertiary alicyclic amines) is 1. The summed E-state index contributed by atoms with van der Waals surface area (Å²) in [7, 11) is 0. The maximum absolute atomic E-state index is 12.1. The van der Waals surface area contributed by atoms with Crippen LogP contribution in [0.4, 0.5) is 9.59 Å². The monoisotopic (exact) mass is 266 g/mol. The van der Waals surface area contributed by atoms with E-state index in [-0.39, 0.29) is 24.5 Å². The normalized spacial score (nSPS) is 30.8. The van der Waals surface area contributed by atoms with Crippen molar-refractivity contribution in [2.24, 2.45) is 0 Å². The zero-order valence-corrected chi connectivity index (χ0v) is 10.7. The topological polar surface area (TPSA) is 90.5 Å². The van der Waals surface area contributed by atoms with Crippen LogP contribution < -0.4 is 16.0 Å². The SMILES string of the molecule is O=C1NC(=O)C2(CCN(C(=O)NC3CCCC3)C2)N1. The lowest BCUT2D eigenvalue weighted by Gasteiger charge is -2.23. The van der Waals surface area contributed by atoms with Crippen molar-refractivity contribution in [2.45, 2.75) is 43.7 Å². The Balaban J connectivity index is 1.60. The molecule has 0 aromatic heterocycles. The van der Waals surface area contributed by atoms with Crippen LogP contribution in [-0.2, 0) is 4.79 Å². The van der Waals surface area contributed by atoms with Crippen molar-refractivity contribution in [3.63, 3.8) is 0 Å². The van der Waals surface area contributed by atoms with Crippen LogP contribution in [0, 0.1) is 0 Å². The fourth-order valence-electron chi connectivity index (χ4n) is 3.13. The molecular weight excluding hydrogens is 248 g/mol. The van der Waals surface area contributed by atoms with Gasteiger partial charge in [0.05, 0.1) is 6.54 Å². The van der Waals surface area contributed by atoms with Crippen LogP contribution in [0.15, 0.2) is 0 Å². The molecule has 0 radical (unpaired) electrons. The predicted octanol–water partition coefficient (Wildman–Crippen LogP) is -0.0775. The first-order chi connectivity index (χ1) is 9.09. The van der Waals surface area contributed by atoms with Crippen LogP contribution in [0.3, 0.4) is 0 Å². The van der Waals surface area contributed by atoms with Gasteiger partial charge in [-0.2, -0.15) is 0 Å². The van der Waals surface area contributed by atoms with Gasteiger partial charge in [0.25, 0.3) is 5.91 Å². The Morgan fingerprint density at radius 2 is 2.05 bits per heavy atom. The van der Waals surface area contributed by atoms with E-state index in [0.29, 0.717) is 13.0 Å². The maximum Gasteiger partial charge on any atom is 0.322 e. The Morgan fingerprint density at radius 1 is 1.32 bits per heavy atom. The minimum atomic E-state index is -0.913. The molecule has 3 N–H and O–H groups in total. The third-order valence-electron chi connectivity index (χ3n) is 4.25. The molecule has 3 rings (SSSR count). The second-order valence-electron chi connectivity index (χ2n) is 5.59. The second kappa shape index (κ2) is 4.40. The van der Waals surface area contributed by atoms with Gasteiger partial charge < -0.3 is 15.5 Å². The number of hydrogen-bond acceptors (Lipinski definition) is 3. The van der Waals surface area contributed by atoms with Crippen molar-refractivity contribution >= 4 is 18.0 Å². The molecule has 7 heteroatoms. The van der Waals surface area contributed by atoms with E-state index in [1.165, 1.54) is 0 Å². The largest absolute Gasteiger partial charge is 0.335 e. The summed E-state index contributed by atoms with van der Waals surface area (Å²) in [4.78, 5) is 36.7. The molecule has 1 unspecified atom stereocenters. The first-order valence-electron chi connectivity index (χ1n) is 6.78. The standard InChI is InChI=1S/C12H18N4O3/c17-9-12(15-10(18)14-9)5-6-16(7-12)11(19)13-8-3-1-2-4-8/h8H,1-7H2,(H,13,19)(H2,14,15,17,18). The Labute approximate surface area is 111 Å². The lowest BCUT2D eigenvalue weighted by molar-refractivity contribution is -0.123. The zero-order valence-electron chi connectivity index (χ0n) is 10.7. The van der Waals surface area contributed by atoms with E-state index >= 15 is 0 Å². The summed E-state index contributed by atoms with van der Waals surface area (Å²) in [5.41, 5.74) is -0.913. The van der Waals surface area contributed by atoms with Gasteiger partial charge in [0.2, 0.25) is 0 Å². The molecular formula is C12H18N4O3. The molecule has 3 aliphatic rings. The van der Waals surface area contributed by atoms with Crippen molar-refractivity contribution < 1.29 is 14.4 Å². The Kier molecular flexibility index (Phi) is 2.83. The van der Waals surface area contributed by atoms with E-state index in [0.717, 1.165) is 25.7 Å². The Hall–Kier alpha value is -1.79. The summed E-state index contributed by atoms with van der Waals surface area (Å²) in [6.45, 7) is 0.745. The number of imide groups is 1. The van der Waals surface area contributed by atoms with Crippen molar-refractivity contribution in [1.82, 2.24) is 20.9 Å². The molecule has 7 nitrogen and oxygen atoms in total. The highest BCUT2D eigenvalue weighted by Crippen LogP contribution is 2.25. The lowest BCUT2D eigenvalue weighted by atomic mass is 10.00. The van der Waals surface area contributed by atoms with E-state index in [1.807, 2.05) is 0 Å². The van der Waals surface area contributed by atoms with Gasteiger partial charge in [-0.15, -0.1) is 0 Å². The Bertz CT molecular complexity index is 433. The summed E-state index contributed by atoms with van der Waals surface area (Å²) in [5, 5.41) is 7.87. The number of carbonyl (C=O) groups is 3. The van der Waals surface area contributed by atoms with Crippen LogP contribution in [0.25, 0.3) is 0 Å². The smallest absolute Gasteiger partial charge is 0.322 e. The fraction of sp³-hybridized carbons (Fsp3) is 0.750. The third-order valence-corrected chi connectivity index (χ3v) is 4.25. The van der Waals surface area contributed by atoms with Gasteiger partial charge in [0.15, 0.2) is 0 Å². The van der Waals surface area contributed by atoms with Gasteiger partial charge in [-0.25, -0.2) is 9.59 Å². The highest BCUT2D eigenvalue weighted by atomic mass is 16.2. The molecule has 2 heterocycles. The van der Waals surface area contributed by atoms with Gasteiger partial charge >= 0.3 is 12.1 Å². The molecule has 1 aliphatic carbocycles. The molecule has 19 heavy (non-hydrogen) atoms. The predicted molar refractivity (Wildman–Crippen MR) is 66.4 cm³/mol. The Morgan fingerprint density at radius 3 is 2.68 bits per heavy atom. The highest BCUT2D eigenvalue weighted by Gasteiger charge is 2.51. The van der Waals surface area contributed by atoms with Crippen molar-refractivity contribution in [2.75, 3.05) is 13.1 Å². The quantitative estimate of drug-likeness (QED) is 0.580. The number of nitrogens with zero attached hydrogens (tertiary/aromatic N) is 1. The summed E-state index contributed by atoms with van der Waals surface area (Å²) < 4.78 is 0. The molecule has 1 spiro atoms. The molecule has 5 amide bonds. The average molecular weight is 266 g/mol. The maximum atomic E-state index is 12.1. The molecule has 0 aromatic rings. The van der Waals surface area contributed by atoms with E-state index in [9.17, 15) is 14.4 Å². The van der Waals surface area contributed by atoms with Crippen LogP contribution in [0.1, 0.15) is 32.1 Å². The molecule has 104 valence electrons. The molecule has 0 aromatic carbocycles. The minimum absolute atomic E-state index is 0.127. The second-order valence-corrected chi connectivity index (χ2v) is 5.59. The minimum Gasteiger partial charge on any atom is -0.335 e. The summed E-state index contributed by atoms with van der Waals surface area (Å²) in [6, 6.07) is -0.336.